The van der Waals surface area contributed by atoms with Gasteiger partial charge in [-0.2, -0.15) is 5.10 Å². The van der Waals surface area contributed by atoms with Crippen molar-refractivity contribution in [2.24, 2.45) is 5.10 Å². The van der Waals surface area contributed by atoms with Gasteiger partial charge in [0, 0.05) is 20.5 Å². The zero-order valence-corrected chi connectivity index (χ0v) is 14.0. The van der Waals surface area contributed by atoms with E-state index in [0.29, 0.717) is 0 Å². The molecule has 132 valence electrons. The van der Waals surface area contributed by atoms with Crippen LogP contribution < -0.4 is 10.6 Å². The lowest BCUT2D eigenvalue weighted by molar-refractivity contribution is -0.125. The lowest BCUT2D eigenvalue weighted by Gasteiger charge is -2.25. The number of ketones is 1. The molecule has 0 saturated heterocycles. The maximum Gasteiger partial charge on any atom is 0.267 e. The second-order valence-corrected chi connectivity index (χ2v) is 5.44. The molecule has 0 saturated carbocycles. The van der Waals surface area contributed by atoms with E-state index in [-0.39, 0.29) is 24.5 Å². The van der Waals surface area contributed by atoms with Gasteiger partial charge in [0.25, 0.3) is 5.91 Å². The van der Waals surface area contributed by atoms with Crippen molar-refractivity contribution in [2.45, 2.75) is 18.9 Å². The van der Waals surface area contributed by atoms with Crippen LogP contribution in [0.1, 0.15) is 12.0 Å². The average Bonchev–Trinajstić information content (AvgIpc) is 2.78. The van der Waals surface area contributed by atoms with Crippen LogP contribution >= 0.6 is 0 Å². The van der Waals surface area contributed by atoms with Gasteiger partial charge in [-0.15, -0.1) is 0 Å². The van der Waals surface area contributed by atoms with Gasteiger partial charge in [-0.1, -0.05) is 30.3 Å². The van der Waals surface area contributed by atoms with Crippen LogP contribution in [0.3, 0.4) is 0 Å². The van der Waals surface area contributed by atoms with Gasteiger partial charge >= 0.3 is 0 Å². The number of likely N-dealkylation sites (N-methyl/N-ethyl adjacent to an activating group) is 1. The minimum Gasteiger partial charge on any atom is -0.503 e. The van der Waals surface area contributed by atoms with E-state index in [4.69, 9.17) is 0 Å². The van der Waals surface area contributed by atoms with Crippen LogP contribution in [0, 0.1) is 0 Å². The Balaban J connectivity index is 2.42. The Morgan fingerprint density at radius 2 is 1.92 bits per heavy atom. The number of nitrogens with one attached hydrogen (secondary N) is 2. The summed E-state index contributed by atoms with van der Waals surface area (Å²) in [6.07, 6.45) is 1.02. The highest BCUT2D eigenvalue weighted by Crippen LogP contribution is 2.16. The number of rotatable bonds is 5. The quantitative estimate of drug-likeness (QED) is 0.703. The molecule has 0 radical (unpaired) electrons. The minimum absolute atomic E-state index is 0.0743. The molecule has 0 fully saturated rings. The molecule has 1 unspecified atom stereocenters. The van der Waals surface area contributed by atoms with Crippen LogP contribution in [0.5, 0.6) is 0 Å². The maximum absolute atomic E-state index is 12.3. The third-order valence-electron chi connectivity index (χ3n) is 3.73. The molecule has 1 heterocycles. The predicted octanol–water partition coefficient (Wildman–Crippen LogP) is 0.120. The van der Waals surface area contributed by atoms with Crippen molar-refractivity contribution in [2.75, 3.05) is 14.1 Å². The number of aliphatic hydroxyl groups excluding tert-OH is 1. The number of allylic oxidation sites excluding steroid dienone is 1. The van der Waals surface area contributed by atoms with E-state index in [2.05, 4.69) is 15.7 Å². The fourth-order valence-corrected chi connectivity index (χ4v) is 2.38. The van der Waals surface area contributed by atoms with Crippen LogP contribution in [0.15, 0.2) is 47.4 Å². The highest BCUT2D eigenvalue weighted by molar-refractivity contribution is 6.42. The van der Waals surface area contributed by atoms with E-state index in [1.54, 1.807) is 0 Å². The number of Topliss-reactive ketones (excluding diaryl/α,β-unsaturated/α-hetero) is 1. The van der Waals surface area contributed by atoms with Gasteiger partial charge < -0.3 is 15.7 Å². The molecule has 2 amide bonds. The van der Waals surface area contributed by atoms with Crippen molar-refractivity contribution in [1.29, 1.82) is 0 Å². The van der Waals surface area contributed by atoms with E-state index in [1.165, 1.54) is 14.1 Å². The van der Waals surface area contributed by atoms with Crippen LogP contribution in [0.25, 0.3) is 0 Å². The molecule has 1 aromatic carbocycles. The van der Waals surface area contributed by atoms with Crippen LogP contribution in [0.2, 0.25) is 0 Å². The third-order valence-corrected chi connectivity index (χ3v) is 3.73. The summed E-state index contributed by atoms with van der Waals surface area (Å²) < 4.78 is 0. The molecular formula is C17H20N4O4. The molecule has 2 rings (SSSR count). The van der Waals surface area contributed by atoms with E-state index in [9.17, 15) is 19.5 Å². The smallest absolute Gasteiger partial charge is 0.267 e. The molecule has 0 aromatic heterocycles. The van der Waals surface area contributed by atoms with E-state index < -0.39 is 23.5 Å². The molecule has 0 bridgehead atoms. The first-order chi connectivity index (χ1) is 12.0. The average molecular weight is 344 g/mol. The Bertz CT molecular complexity index is 727. The van der Waals surface area contributed by atoms with Gasteiger partial charge in [0.2, 0.25) is 11.7 Å². The van der Waals surface area contributed by atoms with Crippen molar-refractivity contribution in [1.82, 2.24) is 15.6 Å². The Morgan fingerprint density at radius 1 is 1.24 bits per heavy atom. The fraction of sp³-hybridized carbons (Fsp3) is 0.294. The number of carbonyl (C=O) groups excluding carboxylic acids is 3. The molecule has 1 atom stereocenters. The van der Waals surface area contributed by atoms with Gasteiger partial charge in [0.05, 0.1) is 12.6 Å². The van der Waals surface area contributed by atoms with Crippen LogP contribution in [-0.4, -0.2) is 53.6 Å². The molecular weight excluding hydrogens is 324 g/mol. The summed E-state index contributed by atoms with van der Waals surface area (Å²) in [5.41, 5.74) is 0.797. The molecule has 1 aliphatic rings. The first-order valence-electron chi connectivity index (χ1n) is 7.73. The summed E-state index contributed by atoms with van der Waals surface area (Å²) in [7, 11) is 2.90. The zero-order chi connectivity index (χ0) is 18.4. The van der Waals surface area contributed by atoms with Crippen molar-refractivity contribution >= 4 is 23.3 Å². The summed E-state index contributed by atoms with van der Waals surface area (Å²) in [6, 6.07) is 8.41. The first kappa shape index (κ1) is 18.2. The Hall–Kier alpha value is -3.16. The Kier molecular flexibility index (Phi) is 5.89. The largest absolute Gasteiger partial charge is 0.503 e. The van der Waals surface area contributed by atoms with Crippen molar-refractivity contribution in [3.63, 3.8) is 0 Å². The summed E-state index contributed by atoms with van der Waals surface area (Å²) in [4.78, 5) is 36.2. The van der Waals surface area contributed by atoms with Crippen LogP contribution in [-0.2, 0) is 20.8 Å². The van der Waals surface area contributed by atoms with Gasteiger partial charge in [0.15, 0.2) is 5.76 Å². The number of amides is 2. The lowest BCUT2D eigenvalue weighted by Crippen LogP contribution is -2.43. The third kappa shape index (κ3) is 4.43. The number of benzene rings is 1. The molecule has 1 aromatic rings. The summed E-state index contributed by atoms with van der Waals surface area (Å²) >= 11 is 0. The highest BCUT2D eigenvalue weighted by Gasteiger charge is 2.29. The molecule has 8 heteroatoms. The number of hydrogen-bond donors (Lipinski definition) is 3. The number of nitrogens with zero attached hydrogens (tertiary/aromatic N) is 2. The number of hydrogen-bond acceptors (Lipinski definition) is 6. The topological polar surface area (TPSA) is 111 Å². The summed E-state index contributed by atoms with van der Waals surface area (Å²) in [5, 5.41) is 20.1. The summed E-state index contributed by atoms with van der Waals surface area (Å²) in [5.74, 6) is -2.09. The second kappa shape index (κ2) is 8.09. The fourth-order valence-electron chi connectivity index (χ4n) is 2.38. The van der Waals surface area contributed by atoms with E-state index >= 15 is 0 Å². The molecule has 1 aliphatic heterocycles. The SMILES string of the molecule is CNC(=O)C1=NN(C(Cc2ccccc2)C(=O)NC)C=C(O)C(=O)C1. The zero-order valence-electron chi connectivity index (χ0n) is 14.0. The molecule has 3 N–H and O–H groups in total. The van der Waals surface area contributed by atoms with Gasteiger partial charge in [-0.05, 0) is 5.56 Å². The molecule has 25 heavy (non-hydrogen) atoms. The van der Waals surface area contributed by atoms with Crippen molar-refractivity contribution in [3.8, 4) is 0 Å². The first-order valence-corrected chi connectivity index (χ1v) is 7.73. The second-order valence-electron chi connectivity index (χ2n) is 5.44. The van der Waals surface area contributed by atoms with Crippen molar-refractivity contribution in [3.05, 3.63) is 47.9 Å². The predicted molar refractivity (Wildman–Crippen MR) is 91.7 cm³/mol. The van der Waals surface area contributed by atoms with Gasteiger partial charge in [0.1, 0.15) is 11.8 Å². The van der Waals surface area contributed by atoms with Gasteiger partial charge in [-0.3, -0.25) is 19.4 Å². The van der Waals surface area contributed by atoms with Crippen molar-refractivity contribution < 1.29 is 19.5 Å². The Morgan fingerprint density at radius 3 is 2.52 bits per heavy atom. The molecule has 0 spiro atoms. The number of carbonyl (C=O) groups is 3. The molecule has 8 nitrogen and oxygen atoms in total. The molecule has 0 aliphatic carbocycles. The highest BCUT2D eigenvalue weighted by atomic mass is 16.3. The van der Waals surface area contributed by atoms with E-state index in [0.717, 1.165) is 16.8 Å². The maximum atomic E-state index is 12.3. The number of aliphatic hydroxyl groups is 1. The van der Waals surface area contributed by atoms with Crippen LogP contribution in [0.4, 0.5) is 0 Å². The standard InChI is InChI=1S/C17H20N4O4/c1-18-16(24)12-9-14(22)15(23)10-21(20-12)13(17(25)19-2)8-11-6-4-3-5-7-11/h3-7,10,13,23H,8-9H2,1-2H3,(H,18,24)(H,19,25). The monoisotopic (exact) mass is 344 g/mol. The minimum atomic E-state index is -0.833. The normalized spacial score (nSPS) is 15.6. The van der Waals surface area contributed by atoms with Gasteiger partial charge in [-0.25, -0.2) is 0 Å². The summed E-state index contributed by atoms with van der Waals surface area (Å²) in [6.45, 7) is 0. The lowest BCUT2D eigenvalue weighted by atomic mass is 10.1. The van der Waals surface area contributed by atoms with E-state index in [1.807, 2.05) is 30.3 Å². The number of hydrazone groups is 1. The Labute approximate surface area is 145 Å².